The molecule has 1 saturated heterocycles. The number of benzene rings is 1. The summed E-state index contributed by atoms with van der Waals surface area (Å²) in [5.74, 6) is -0.472. The fraction of sp³-hybridized carbons (Fsp3) is 0.500. The van der Waals surface area contributed by atoms with Crippen molar-refractivity contribution in [3.63, 3.8) is 0 Å². The van der Waals surface area contributed by atoms with Gasteiger partial charge in [-0.25, -0.2) is 4.79 Å². The van der Waals surface area contributed by atoms with Gasteiger partial charge in [-0.3, -0.25) is 4.79 Å². The molecular weight excluding hydrogens is 270 g/mol. The van der Waals surface area contributed by atoms with Crippen LogP contribution in [0.1, 0.15) is 25.8 Å². The van der Waals surface area contributed by atoms with Crippen LogP contribution in [-0.4, -0.2) is 36.2 Å². The maximum absolute atomic E-state index is 12.0. The first-order valence-electron chi connectivity index (χ1n) is 7.22. The van der Waals surface area contributed by atoms with Gasteiger partial charge < -0.3 is 14.4 Å². The molecule has 1 amide bonds. The predicted octanol–water partition coefficient (Wildman–Crippen LogP) is 2.60. The van der Waals surface area contributed by atoms with E-state index in [4.69, 9.17) is 9.47 Å². The van der Waals surface area contributed by atoms with Gasteiger partial charge in [-0.1, -0.05) is 30.3 Å². The van der Waals surface area contributed by atoms with Crippen molar-refractivity contribution in [3.05, 3.63) is 35.9 Å². The fourth-order valence-corrected chi connectivity index (χ4v) is 2.26. The molecule has 5 nitrogen and oxygen atoms in total. The van der Waals surface area contributed by atoms with Crippen LogP contribution in [0.25, 0.3) is 0 Å². The minimum Gasteiger partial charge on any atom is -0.463 e. The van der Waals surface area contributed by atoms with E-state index >= 15 is 0 Å². The van der Waals surface area contributed by atoms with Crippen molar-refractivity contribution >= 4 is 12.1 Å². The number of amides is 1. The second-order valence-corrected chi connectivity index (χ2v) is 5.46. The summed E-state index contributed by atoms with van der Waals surface area (Å²) in [6.07, 6.45) is 0.127. The fourth-order valence-electron chi connectivity index (χ4n) is 2.26. The van der Waals surface area contributed by atoms with Gasteiger partial charge in [0, 0.05) is 13.1 Å². The summed E-state index contributed by atoms with van der Waals surface area (Å²) >= 11 is 0. The molecule has 0 N–H and O–H groups in total. The van der Waals surface area contributed by atoms with Crippen molar-refractivity contribution < 1.29 is 19.1 Å². The Hall–Kier alpha value is -2.04. The van der Waals surface area contributed by atoms with E-state index < -0.39 is 0 Å². The average molecular weight is 291 g/mol. The van der Waals surface area contributed by atoms with Gasteiger partial charge in [-0.2, -0.15) is 0 Å². The molecule has 1 atom stereocenters. The summed E-state index contributed by atoms with van der Waals surface area (Å²) in [7, 11) is 0. The summed E-state index contributed by atoms with van der Waals surface area (Å²) in [5.41, 5.74) is 0.945. The van der Waals surface area contributed by atoms with Crippen molar-refractivity contribution in [2.45, 2.75) is 33.0 Å². The van der Waals surface area contributed by atoms with Gasteiger partial charge in [0.15, 0.2) is 0 Å². The van der Waals surface area contributed by atoms with E-state index in [-0.39, 0.29) is 30.7 Å². The Bertz CT molecular complexity index is 486. The maximum Gasteiger partial charge on any atom is 0.410 e. The number of esters is 1. The smallest absolute Gasteiger partial charge is 0.410 e. The molecule has 114 valence electrons. The number of hydrogen-bond donors (Lipinski definition) is 0. The third-order valence-electron chi connectivity index (χ3n) is 3.34. The number of hydrogen-bond acceptors (Lipinski definition) is 4. The maximum atomic E-state index is 12.0. The summed E-state index contributed by atoms with van der Waals surface area (Å²) in [6.45, 7) is 4.79. The van der Waals surface area contributed by atoms with Crippen LogP contribution in [0, 0.1) is 5.92 Å². The van der Waals surface area contributed by atoms with Crippen molar-refractivity contribution in [2.24, 2.45) is 5.92 Å². The largest absolute Gasteiger partial charge is 0.463 e. The monoisotopic (exact) mass is 291 g/mol. The quantitative estimate of drug-likeness (QED) is 0.800. The van der Waals surface area contributed by atoms with Crippen LogP contribution >= 0.6 is 0 Å². The van der Waals surface area contributed by atoms with Gasteiger partial charge >= 0.3 is 12.1 Å². The highest BCUT2D eigenvalue weighted by atomic mass is 16.6. The number of likely N-dealkylation sites (tertiary alicyclic amines) is 1. The molecule has 0 bridgehead atoms. The molecule has 1 aliphatic rings. The minimum absolute atomic E-state index is 0.128. The van der Waals surface area contributed by atoms with Gasteiger partial charge in [0.25, 0.3) is 0 Å². The van der Waals surface area contributed by atoms with E-state index in [1.807, 2.05) is 44.2 Å². The van der Waals surface area contributed by atoms with Crippen LogP contribution < -0.4 is 0 Å². The lowest BCUT2D eigenvalue weighted by Crippen LogP contribution is -2.31. The molecular formula is C16H21NO4. The molecule has 1 aromatic carbocycles. The molecule has 1 fully saturated rings. The first-order chi connectivity index (χ1) is 10.1. The molecule has 1 unspecified atom stereocenters. The molecule has 0 aliphatic carbocycles. The Balaban J connectivity index is 1.78. The molecule has 21 heavy (non-hydrogen) atoms. The van der Waals surface area contributed by atoms with Gasteiger partial charge in [-0.05, 0) is 25.8 Å². The van der Waals surface area contributed by atoms with Gasteiger partial charge in [0.05, 0.1) is 12.0 Å². The van der Waals surface area contributed by atoms with E-state index in [2.05, 4.69) is 0 Å². The SMILES string of the molecule is CC(C)OC(=O)C1CCN(C(=O)OCc2ccccc2)C1. The Morgan fingerprint density at radius 2 is 2.00 bits per heavy atom. The summed E-state index contributed by atoms with van der Waals surface area (Å²) in [6, 6.07) is 9.52. The molecule has 0 saturated carbocycles. The first-order valence-corrected chi connectivity index (χ1v) is 7.22. The summed E-state index contributed by atoms with van der Waals surface area (Å²) < 4.78 is 10.4. The summed E-state index contributed by atoms with van der Waals surface area (Å²) in [5, 5.41) is 0. The molecule has 1 aliphatic heterocycles. The van der Waals surface area contributed by atoms with Crippen molar-refractivity contribution in [1.82, 2.24) is 4.90 Å². The van der Waals surface area contributed by atoms with Crippen LogP contribution in [0.15, 0.2) is 30.3 Å². The zero-order valence-electron chi connectivity index (χ0n) is 12.5. The molecule has 1 heterocycles. The van der Waals surface area contributed by atoms with E-state index in [1.165, 1.54) is 0 Å². The first kappa shape index (κ1) is 15.4. The second kappa shape index (κ2) is 7.11. The van der Waals surface area contributed by atoms with E-state index in [1.54, 1.807) is 4.90 Å². The number of carbonyl (C=O) groups excluding carboxylic acids is 2. The lowest BCUT2D eigenvalue weighted by Gasteiger charge is -2.16. The van der Waals surface area contributed by atoms with Crippen LogP contribution in [-0.2, 0) is 20.9 Å². The average Bonchev–Trinajstić information content (AvgIpc) is 2.95. The number of ether oxygens (including phenoxy) is 2. The standard InChI is InChI=1S/C16H21NO4/c1-12(2)21-15(18)14-8-9-17(10-14)16(19)20-11-13-6-4-3-5-7-13/h3-7,12,14H,8-11H2,1-2H3. The normalized spacial score (nSPS) is 17.9. The number of carbonyl (C=O) groups is 2. The van der Waals surface area contributed by atoms with E-state index in [0.717, 1.165) is 5.56 Å². The lowest BCUT2D eigenvalue weighted by molar-refractivity contribution is -0.151. The van der Waals surface area contributed by atoms with Crippen LogP contribution in [0.5, 0.6) is 0 Å². The zero-order valence-corrected chi connectivity index (χ0v) is 12.5. The minimum atomic E-state index is -0.376. The molecule has 5 heteroatoms. The highest BCUT2D eigenvalue weighted by Crippen LogP contribution is 2.19. The Kier molecular flexibility index (Phi) is 5.20. The van der Waals surface area contributed by atoms with Crippen molar-refractivity contribution in [2.75, 3.05) is 13.1 Å². The van der Waals surface area contributed by atoms with E-state index in [0.29, 0.717) is 19.5 Å². The lowest BCUT2D eigenvalue weighted by atomic mass is 10.1. The number of rotatable bonds is 4. The Labute approximate surface area is 124 Å². The predicted molar refractivity (Wildman–Crippen MR) is 77.5 cm³/mol. The third kappa shape index (κ3) is 4.48. The molecule has 0 radical (unpaired) electrons. The Morgan fingerprint density at radius 1 is 1.29 bits per heavy atom. The molecule has 0 aromatic heterocycles. The molecule has 2 rings (SSSR count). The van der Waals surface area contributed by atoms with Crippen LogP contribution in [0.3, 0.4) is 0 Å². The molecule has 0 spiro atoms. The van der Waals surface area contributed by atoms with Crippen molar-refractivity contribution in [1.29, 1.82) is 0 Å². The van der Waals surface area contributed by atoms with Crippen LogP contribution in [0.2, 0.25) is 0 Å². The van der Waals surface area contributed by atoms with E-state index in [9.17, 15) is 9.59 Å². The Morgan fingerprint density at radius 3 is 2.67 bits per heavy atom. The summed E-state index contributed by atoms with van der Waals surface area (Å²) in [4.78, 5) is 25.3. The second-order valence-electron chi connectivity index (χ2n) is 5.46. The molecule has 1 aromatic rings. The van der Waals surface area contributed by atoms with Gasteiger partial charge in [-0.15, -0.1) is 0 Å². The zero-order chi connectivity index (χ0) is 15.2. The highest BCUT2D eigenvalue weighted by molar-refractivity contribution is 5.75. The van der Waals surface area contributed by atoms with Crippen LogP contribution in [0.4, 0.5) is 4.79 Å². The highest BCUT2D eigenvalue weighted by Gasteiger charge is 2.33. The topological polar surface area (TPSA) is 55.8 Å². The van der Waals surface area contributed by atoms with Gasteiger partial charge in [0.2, 0.25) is 0 Å². The number of nitrogens with zero attached hydrogens (tertiary/aromatic N) is 1. The van der Waals surface area contributed by atoms with Gasteiger partial charge in [0.1, 0.15) is 6.61 Å². The third-order valence-corrected chi connectivity index (χ3v) is 3.34. The van der Waals surface area contributed by atoms with Crippen molar-refractivity contribution in [3.8, 4) is 0 Å².